The van der Waals surface area contributed by atoms with Crippen molar-refractivity contribution < 1.29 is 9.59 Å². The fourth-order valence-corrected chi connectivity index (χ4v) is 3.73. The van der Waals surface area contributed by atoms with Gasteiger partial charge in [0.25, 0.3) is 0 Å². The third kappa shape index (κ3) is 3.39. The Bertz CT molecular complexity index is 582. The zero-order valence-corrected chi connectivity index (χ0v) is 12.6. The SMILES string of the molecule is NC1(CC(=O)Nc2ccc3c(c2)NC(=O)CS3)CCCC1. The quantitative estimate of drug-likeness (QED) is 0.800. The Kier molecular flexibility index (Phi) is 3.91. The maximum absolute atomic E-state index is 12.1. The van der Waals surface area contributed by atoms with Crippen LogP contribution in [-0.4, -0.2) is 23.1 Å². The molecule has 2 aliphatic rings. The molecule has 6 heteroatoms. The van der Waals surface area contributed by atoms with Gasteiger partial charge in [-0.05, 0) is 31.0 Å². The molecule has 4 N–H and O–H groups in total. The molecule has 0 unspecified atom stereocenters. The van der Waals surface area contributed by atoms with E-state index in [0.29, 0.717) is 17.9 Å². The van der Waals surface area contributed by atoms with Gasteiger partial charge in [-0.2, -0.15) is 0 Å². The minimum absolute atomic E-state index is 0.0113. The van der Waals surface area contributed by atoms with Crippen molar-refractivity contribution in [3.8, 4) is 0 Å². The predicted molar refractivity (Wildman–Crippen MR) is 84.4 cm³/mol. The summed E-state index contributed by atoms with van der Waals surface area (Å²) in [6.07, 6.45) is 4.39. The van der Waals surface area contributed by atoms with Gasteiger partial charge < -0.3 is 16.4 Å². The van der Waals surface area contributed by atoms with E-state index in [4.69, 9.17) is 5.73 Å². The molecule has 1 aromatic carbocycles. The molecule has 1 aliphatic heterocycles. The molecule has 0 atom stereocenters. The second-order valence-corrected chi connectivity index (χ2v) is 6.86. The van der Waals surface area contributed by atoms with Crippen LogP contribution in [-0.2, 0) is 9.59 Å². The van der Waals surface area contributed by atoms with Crippen LogP contribution < -0.4 is 16.4 Å². The van der Waals surface area contributed by atoms with Crippen LogP contribution in [0.25, 0.3) is 0 Å². The summed E-state index contributed by atoms with van der Waals surface area (Å²) in [5.74, 6) is 0.367. The van der Waals surface area contributed by atoms with Crippen molar-refractivity contribution in [1.29, 1.82) is 0 Å². The molecule has 0 bridgehead atoms. The lowest BCUT2D eigenvalue weighted by molar-refractivity contribution is -0.117. The van der Waals surface area contributed by atoms with Crippen molar-refractivity contribution in [2.75, 3.05) is 16.4 Å². The first-order valence-electron chi connectivity index (χ1n) is 7.20. The van der Waals surface area contributed by atoms with E-state index in [0.717, 1.165) is 36.3 Å². The highest BCUT2D eigenvalue weighted by molar-refractivity contribution is 8.00. The molecule has 1 fully saturated rings. The molecule has 3 rings (SSSR count). The first-order valence-corrected chi connectivity index (χ1v) is 8.18. The van der Waals surface area contributed by atoms with Gasteiger partial charge in [-0.25, -0.2) is 0 Å². The Balaban J connectivity index is 1.66. The summed E-state index contributed by atoms with van der Waals surface area (Å²) in [5.41, 5.74) is 7.34. The summed E-state index contributed by atoms with van der Waals surface area (Å²) in [7, 11) is 0. The van der Waals surface area contributed by atoms with Gasteiger partial charge in [0.15, 0.2) is 0 Å². The average Bonchev–Trinajstić information content (AvgIpc) is 2.84. The van der Waals surface area contributed by atoms with E-state index in [1.807, 2.05) is 12.1 Å². The molecule has 1 heterocycles. The summed E-state index contributed by atoms with van der Waals surface area (Å²) < 4.78 is 0. The Morgan fingerprint density at radius 3 is 2.90 bits per heavy atom. The predicted octanol–water partition coefficient (Wildman–Crippen LogP) is 2.33. The number of fused-ring (bicyclic) bond motifs is 1. The Labute approximate surface area is 128 Å². The topological polar surface area (TPSA) is 84.2 Å². The number of benzene rings is 1. The van der Waals surface area contributed by atoms with Gasteiger partial charge >= 0.3 is 0 Å². The van der Waals surface area contributed by atoms with Crippen LogP contribution in [0.4, 0.5) is 11.4 Å². The first kappa shape index (κ1) is 14.4. The number of rotatable bonds is 3. The average molecular weight is 305 g/mol. The van der Waals surface area contributed by atoms with Gasteiger partial charge in [0.1, 0.15) is 0 Å². The van der Waals surface area contributed by atoms with Gasteiger partial charge in [-0.1, -0.05) is 12.8 Å². The standard InChI is InChI=1S/C15H19N3O2S/c16-15(5-1-2-6-15)8-13(19)17-10-3-4-12-11(7-10)18-14(20)9-21-12/h3-4,7H,1-2,5-6,8-9,16H2,(H,17,19)(H,18,20). The van der Waals surface area contributed by atoms with Crippen molar-refractivity contribution in [3.63, 3.8) is 0 Å². The third-order valence-corrected chi connectivity index (χ3v) is 5.08. The molecule has 1 saturated carbocycles. The number of nitrogens with one attached hydrogen (secondary N) is 2. The van der Waals surface area contributed by atoms with Crippen LogP contribution in [0.1, 0.15) is 32.1 Å². The molecule has 0 radical (unpaired) electrons. The molecular formula is C15H19N3O2S. The van der Waals surface area contributed by atoms with Crippen molar-refractivity contribution in [2.45, 2.75) is 42.5 Å². The van der Waals surface area contributed by atoms with E-state index in [2.05, 4.69) is 10.6 Å². The number of hydrogen-bond acceptors (Lipinski definition) is 4. The lowest BCUT2D eigenvalue weighted by Crippen LogP contribution is -2.40. The van der Waals surface area contributed by atoms with Gasteiger partial charge in [0.05, 0.1) is 11.4 Å². The second-order valence-electron chi connectivity index (χ2n) is 5.84. The number of anilines is 2. The van der Waals surface area contributed by atoms with Crippen LogP contribution in [0.2, 0.25) is 0 Å². The smallest absolute Gasteiger partial charge is 0.234 e. The summed E-state index contributed by atoms with van der Waals surface area (Å²) >= 11 is 1.51. The highest BCUT2D eigenvalue weighted by Gasteiger charge is 2.31. The minimum atomic E-state index is -0.345. The van der Waals surface area contributed by atoms with Crippen molar-refractivity contribution in [2.24, 2.45) is 5.73 Å². The molecule has 0 spiro atoms. The molecule has 0 aromatic heterocycles. The largest absolute Gasteiger partial charge is 0.326 e. The van der Waals surface area contributed by atoms with Crippen LogP contribution in [0.5, 0.6) is 0 Å². The van der Waals surface area contributed by atoms with E-state index in [-0.39, 0.29) is 17.4 Å². The number of amides is 2. The summed E-state index contributed by atoms with van der Waals surface area (Å²) in [4.78, 5) is 24.5. The zero-order valence-electron chi connectivity index (χ0n) is 11.8. The zero-order chi connectivity index (χ0) is 14.9. The van der Waals surface area contributed by atoms with E-state index in [9.17, 15) is 9.59 Å². The fraction of sp³-hybridized carbons (Fsp3) is 0.467. The van der Waals surface area contributed by atoms with Crippen LogP contribution in [0.3, 0.4) is 0 Å². The lowest BCUT2D eigenvalue weighted by atomic mass is 9.94. The lowest BCUT2D eigenvalue weighted by Gasteiger charge is -2.23. The number of nitrogens with two attached hydrogens (primary N) is 1. The second kappa shape index (κ2) is 5.69. The Morgan fingerprint density at radius 2 is 2.14 bits per heavy atom. The van der Waals surface area contributed by atoms with Crippen LogP contribution in [0, 0.1) is 0 Å². The molecule has 1 aliphatic carbocycles. The maximum Gasteiger partial charge on any atom is 0.234 e. The normalized spacial score (nSPS) is 19.8. The fourth-order valence-electron chi connectivity index (χ4n) is 2.94. The molecule has 21 heavy (non-hydrogen) atoms. The number of carbonyl (C=O) groups excluding carboxylic acids is 2. The van der Waals surface area contributed by atoms with E-state index < -0.39 is 0 Å². The highest BCUT2D eigenvalue weighted by atomic mass is 32.2. The number of carbonyl (C=O) groups is 2. The summed E-state index contributed by atoms with van der Waals surface area (Å²) in [6.45, 7) is 0. The molecule has 1 aromatic rings. The Morgan fingerprint density at radius 1 is 1.38 bits per heavy atom. The Hall–Kier alpha value is -1.53. The maximum atomic E-state index is 12.1. The monoisotopic (exact) mass is 305 g/mol. The number of thioether (sulfide) groups is 1. The van der Waals surface area contributed by atoms with E-state index in [1.165, 1.54) is 11.8 Å². The molecule has 5 nitrogen and oxygen atoms in total. The van der Waals surface area contributed by atoms with Gasteiger partial charge in [-0.3, -0.25) is 9.59 Å². The molecule has 2 amide bonds. The van der Waals surface area contributed by atoms with Gasteiger partial charge in [-0.15, -0.1) is 11.8 Å². The first-order chi connectivity index (χ1) is 10.0. The third-order valence-electron chi connectivity index (χ3n) is 4.01. The minimum Gasteiger partial charge on any atom is -0.326 e. The van der Waals surface area contributed by atoms with Crippen molar-refractivity contribution in [3.05, 3.63) is 18.2 Å². The van der Waals surface area contributed by atoms with Gasteiger partial charge in [0.2, 0.25) is 11.8 Å². The highest BCUT2D eigenvalue weighted by Crippen LogP contribution is 2.34. The van der Waals surface area contributed by atoms with E-state index >= 15 is 0 Å². The van der Waals surface area contributed by atoms with Crippen LogP contribution in [0.15, 0.2) is 23.1 Å². The number of hydrogen-bond donors (Lipinski definition) is 3. The summed E-state index contributed by atoms with van der Waals surface area (Å²) in [5, 5.41) is 5.70. The molecular weight excluding hydrogens is 286 g/mol. The van der Waals surface area contributed by atoms with Crippen LogP contribution >= 0.6 is 11.8 Å². The van der Waals surface area contributed by atoms with E-state index in [1.54, 1.807) is 6.07 Å². The van der Waals surface area contributed by atoms with Crippen molar-refractivity contribution >= 4 is 35.0 Å². The summed E-state index contributed by atoms with van der Waals surface area (Å²) in [6, 6.07) is 5.58. The van der Waals surface area contributed by atoms with Gasteiger partial charge in [0, 0.05) is 22.5 Å². The van der Waals surface area contributed by atoms with Crippen molar-refractivity contribution in [1.82, 2.24) is 0 Å². The molecule has 112 valence electrons. The molecule has 0 saturated heterocycles.